The molecule has 0 aromatic heterocycles. The summed E-state index contributed by atoms with van der Waals surface area (Å²) in [7, 11) is 4.83. The van der Waals surface area contributed by atoms with Crippen LogP contribution in [0.15, 0.2) is 17.1 Å². The van der Waals surface area contributed by atoms with Crippen LogP contribution >= 0.6 is 24.0 Å². The van der Waals surface area contributed by atoms with Gasteiger partial charge in [-0.1, -0.05) is 0 Å². The summed E-state index contributed by atoms with van der Waals surface area (Å²) in [4.78, 5) is 7.19. The van der Waals surface area contributed by atoms with Crippen LogP contribution < -0.4 is 24.8 Å². The minimum Gasteiger partial charge on any atom is -0.493 e. The van der Waals surface area contributed by atoms with Crippen LogP contribution in [-0.2, 0) is 11.3 Å². The highest BCUT2D eigenvalue weighted by atomic mass is 127. The molecule has 0 saturated carbocycles. The normalized spacial score (nSPS) is 15.2. The molecule has 9 heteroatoms. The van der Waals surface area contributed by atoms with Crippen molar-refractivity contribution < 1.29 is 18.9 Å². The van der Waals surface area contributed by atoms with Gasteiger partial charge < -0.3 is 29.6 Å². The maximum Gasteiger partial charge on any atom is 0.203 e. The molecule has 30 heavy (non-hydrogen) atoms. The second-order valence-electron chi connectivity index (χ2n) is 7.49. The van der Waals surface area contributed by atoms with E-state index in [1.165, 1.54) is 0 Å². The fourth-order valence-corrected chi connectivity index (χ4v) is 3.32. The molecule has 0 atom stereocenters. The first-order valence-electron chi connectivity index (χ1n) is 10.1. The standard InChI is InChI=1S/C21H36N4O4.HI/c1-7-22-20(24-15-21(2,3)25-8-10-29-11-9-25)23-14-16-12-17(26-4)19(28-6)18(13-16)27-5;/h12-13H,7-11,14-15H2,1-6H3,(H2,22,23,24);1H. The molecule has 0 spiro atoms. The van der Waals surface area contributed by atoms with E-state index >= 15 is 0 Å². The van der Waals surface area contributed by atoms with Crippen molar-refractivity contribution in [1.82, 2.24) is 15.5 Å². The first-order valence-corrected chi connectivity index (χ1v) is 10.1. The first kappa shape index (κ1) is 26.6. The average molecular weight is 536 g/mol. The zero-order valence-electron chi connectivity index (χ0n) is 19.0. The van der Waals surface area contributed by atoms with Crippen LogP contribution in [0.3, 0.4) is 0 Å². The molecule has 0 amide bonds. The minimum atomic E-state index is 0. The molecule has 0 aliphatic carbocycles. The fourth-order valence-electron chi connectivity index (χ4n) is 3.32. The largest absolute Gasteiger partial charge is 0.493 e. The summed E-state index contributed by atoms with van der Waals surface area (Å²) in [5, 5.41) is 6.79. The number of ether oxygens (including phenoxy) is 4. The molecule has 2 rings (SSSR count). The SMILES string of the molecule is CCNC(=NCc1cc(OC)c(OC)c(OC)c1)NCC(C)(C)N1CCOCC1.I. The third-order valence-electron chi connectivity index (χ3n) is 5.04. The summed E-state index contributed by atoms with van der Waals surface area (Å²) in [6, 6.07) is 3.85. The van der Waals surface area contributed by atoms with Crippen LogP contribution in [0.1, 0.15) is 26.3 Å². The second kappa shape index (κ2) is 13.1. The van der Waals surface area contributed by atoms with E-state index in [1.54, 1.807) is 21.3 Å². The molecule has 1 aromatic rings. The Morgan fingerprint density at radius 2 is 1.67 bits per heavy atom. The maximum atomic E-state index is 5.47. The van der Waals surface area contributed by atoms with Crippen molar-refractivity contribution >= 4 is 29.9 Å². The van der Waals surface area contributed by atoms with Gasteiger partial charge in [0.15, 0.2) is 17.5 Å². The van der Waals surface area contributed by atoms with Gasteiger partial charge >= 0.3 is 0 Å². The molecule has 1 heterocycles. The van der Waals surface area contributed by atoms with Crippen molar-refractivity contribution in [1.29, 1.82) is 0 Å². The van der Waals surface area contributed by atoms with Gasteiger partial charge in [-0.3, -0.25) is 4.90 Å². The molecule has 8 nitrogen and oxygen atoms in total. The number of morpholine rings is 1. The fraction of sp³-hybridized carbons (Fsp3) is 0.667. The molecule has 1 aromatic carbocycles. The third kappa shape index (κ3) is 7.35. The lowest BCUT2D eigenvalue weighted by Gasteiger charge is -2.41. The van der Waals surface area contributed by atoms with E-state index in [0.29, 0.717) is 23.8 Å². The summed E-state index contributed by atoms with van der Waals surface area (Å²) in [5.41, 5.74) is 0.983. The molecular formula is C21H37IN4O4. The summed E-state index contributed by atoms with van der Waals surface area (Å²) in [5.74, 6) is 2.62. The van der Waals surface area contributed by atoms with E-state index in [2.05, 4.69) is 36.3 Å². The Balaban J connectivity index is 0.00000450. The van der Waals surface area contributed by atoms with Crippen LogP contribution in [0.4, 0.5) is 0 Å². The number of aliphatic imine (C=N–C) groups is 1. The lowest BCUT2D eigenvalue weighted by atomic mass is 10.0. The Morgan fingerprint density at radius 1 is 1.07 bits per heavy atom. The molecular weight excluding hydrogens is 499 g/mol. The monoisotopic (exact) mass is 536 g/mol. The second-order valence-corrected chi connectivity index (χ2v) is 7.49. The molecule has 1 fully saturated rings. The van der Waals surface area contributed by atoms with E-state index in [4.69, 9.17) is 23.9 Å². The number of guanidine groups is 1. The topological polar surface area (TPSA) is 76.6 Å². The summed E-state index contributed by atoms with van der Waals surface area (Å²) in [6.45, 7) is 12.1. The minimum absolute atomic E-state index is 0. The third-order valence-corrected chi connectivity index (χ3v) is 5.04. The Morgan fingerprint density at radius 3 is 2.17 bits per heavy atom. The predicted octanol–water partition coefficient (Wildman–Crippen LogP) is 2.50. The van der Waals surface area contributed by atoms with E-state index in [-0.39, 0.29) is 29.5 Å². The number of halogens is 1. The van der Waals surface area contributed by atoms with Crippen LogP contribution in [-0.4, -0.2) is 77.1 Å². The number of hydrogen-bond acceptors (Lipinski definition) is 6. The van der Waals surface area contributed by atoms with Crippen LogP contribution in [0, 0.1) is 0 Å². The highest BCUT2D eigenvalue weighted by Crippen LogP contribution is 2.38. The number of nitrogens with one attached hydrogen (secondary N) is 2. The van der Waals surface area contributed by atoms with Gasteiger partial charge in [0.2, 0.25) is 5.75 Å². The zero-order chi connectivity index (χ0) is 21.3. The number of benzene rings is 1. The number of nitrogens with zero attached hydrogens (tertiary/aromatic N) is 2. The number of hydrogen-bond donors (Lipinski definition) is 2. The Labute approximate surface area is 197 Å². The molecule has 0 radical (unpaired) electrons. The lowest BCUT2D eigenvalue weighted by Crippen LogP contribution is -2.56. The Kier molecular flexibility index (Phi) is 11.6. The Bertz CT molecular complexity index is 654. The maximum absolute atomic E-state index is 5.47. The van der Waals surface area contributed by atoms with Crippen molar-refractivity contribution in [3.8, 4) is 17.2 Å². The summed E-state index contributed by atoms with van der Waals surface area (Å²) in [6.07, 6.45) is 0. The van der Waals surface area contributed by atoms with Crippen LogP contribution in [0.2, 0.25) is 0 Å². The quantitative estimate of drug-likeness (QED) is 0.286. The van der Waals surface area contributed by atoms with Crippen molar-refractivity contribution in [2.75, 3.05) is 60.7 Å². The number of rotatable bonds is 9. The van der Waals surface area contributed by atoms with Gasteiger partial charge in [0.1, 0.15) is 0 Å². The smallest absolute Gasteiger partial charge is 0.203 e. The van der Waals surface area contributed by atoms with Gasteiger partial charge in [0, 0.05) is 31.7 Å². The van der Waals surface area contributed by atoms with Crippen LogP contribution in [0.25, 0.3) is 0 Å². The summed E-state index contributed by atoms with van der Waals surface area (Å²) < 4.78 is 21.7. The van der Waals surface area contributed by atoms with Crippen LogP contribution in [0.5, 0.6) is 17.2 Å². The number of methoxy groups -OCH3 is 3. The molecule has 2 N–H and O–H groups in total. The van der Waals surface area contributed by atoms with Gasteiger partial charge in [-0.25, -0.2) is 4.99 Å². The van der Waals surface area contributed by atoms with Crippen molar-refractivity contribution in [2.45, 2.75) is 32.9 Å². The van der Waals surface area contributed by atoms with E-state index < -0.39 is 0 Å². The van der Waals surface area contributed by atoms with E-state index in [0.717, 1.165) is 50.9 Å². The Hall–Kier alpha value is -1.46. The first-order chi connectivity index (χ1) is 13.9. The van der Waals surface area contributed by atoms with Gasteiger partial charge in [-0.2, -0.15) is 0 Å². The summed E-state index contributed by atoms with van der Waals surface area (Å²) >= 11 is 0. The molecule has 1 aliphatic rings. The molecule has 0 bridgehead atoms. The van der Waals surface area contributed by atoms with E-state index in [9.17, 15) is 0 Å². The van der Waals surface area contributed by atoms with Crippen molar-refractivity contribution in [2.24, 2.45) is 4.99 Å². The highest BCUT2D eigenvalue weighted by Gasteiger charge is 2.28. The van der Waals surface area contributed by atoms with Gasteiger partial charge in [-0.05, 0) is 38.5 Å². The lowest BCUT2D eigenvalue weighted by molar-refractivity contribution is -0.00834. The van der Waals surface area contributed by atoms with Gasteiger partial charge in [0.25, 0.3) is 0 Å². The molecule has 1 aliphatic heterocycles. The van der Waals surface area contributed by atoms with Crippen molar-refractivity contribution in [3.05, 3.63) is 17.7 Å². The predicted molar refractivity (Wildman–Crippen MR) is 131 cm³/mol. The van der Waals surface area contributed by atoms with Gasteiger partial charge in [0.05, 0.1) is 41.1 Å². The molecule has 172 valence electrons. The van der Waals surface area contributed by atoms with Crippen molar-refractivity contribution in [3.63, 3.8) is 0 Å². The zero-order valence-corrected chi connectivity index (χ0v) is 21.4. The van der Waals surface area contributed by atoms with E-state index in [1.807, 2.05) is 12.1 Å². The molecule has 0 unspecified atom stereocenters. The highest BCUT2D eigenvalue weighted by molar-refractivity contribution is 14.0. The molecule has 1 saturated heterocycles. The average Bonchev–Trinajstić information content (AvgIpc) is 2.75. The van der Waals surface area contributed by atoms with Gasteiger partial charge in [-0.15, -0.1) is 24.0 Å².